The van der Waals surface area contributed by atoms with Gasteiger partial charge in [0.15, 0.2) is 10.1 Å². The minimum atomic E-state index is -0.988. The fourth-order valence-corrected chi connectivity index (χ4v) is 7.14. The lowest BCUT2D eigenvalue weighted by molar-refractivity contribution is -0.117. The molecular weight excluding hydrogens is 584 g/mol. The summed E-state index contributed by atoms with van der Waals surface area (Å²) >= 11 is 3.78. The molecule has 212 valence electrons. The Morgan fingerprint density at radius 3 is 2.59 bits per heavy atom. The Kier molecular flexibility index (Phi) is 8.81. The quantitative estimate of drug-likeness (QED) is 0.0837. The van der Waals surface area contributed by atoms with Gasteiger partial charge in [-0.05, 0) is 44.0 Å². The van der Waals surface area contributed by atoms with Gasteiger partial charge in [-0.2, -0.15) is 0 Å². The van der Waals surface area contributed by atoms with E-state index in [1.165, 1.54) is 51.5 Å². The highest BCUT2D eigenvalue weighted by Gasteiger charge is 2.47. The molecule has 0 bridgehead atoms. The monoisotopic (exact) mass is 610 g/mol. The highest BCUT2D eigenvalue weighted by Crippen LogP contribution is 2.46. The van der Waals surface area contributed by atoms with Gasteiger partial charge in [-0.3, -0.25) is 14.5 Å². The Morgan fingerprint density at radius 2 is 1.88 bits per heavy atom. The van der Waals surface area contributed by atoms with Crippen molar-refractivity contribution in [1.82, 2.24) is 15.2 Å². The predicted octanol–water partition coefficient (Wildman–Crippen LogP) is 7.00. The number of rotatable bonds is 11. The highest BCUT2D eigenvalue weighted by molar-refractivity contribution is 8.00. The lowest BCUT2D eigenvalue weighted by atomic mass is 9.94. The van der Waals surface area contributed by atoms with Gasteiger partial charge in [0.25, 0.3) is 5.91 Å². The van der Waals surface area contributed by atoms with Crippen LogP contribution in [0.5, 0.6) is 5.75 Å². The molecule has 4 aromatic rings. The van der Waals surface area contributed by atoms with Gasteiger partial charge < -0.3 is 9.84 Å². The van der Waals surface area contributed by atoms with E-state index >= 15 is 0 Å². The van der Waals surface area contributed by atoms with E-state index in [0.717, 1.165) is 18.4 Å². The van der Waals surface area contributed by atoms with E-state index < -0.39 is 23.5 Å². The third-order valence-corrected chi connectivity index (χ3v) is 9.61. The maximum absolute atomic E-state index is 13.9. The zero-order valence-electron chi connectivity index (χ0n) is 22.6. The Bertz CT molecular complexity index is 1620. The number of ether oxygens (including phenoxy) is 1. The molecule has 1 aliphatic heterocycles. The summed E-state index contributed by atoms with van der Waals surface area (Å²) in [5, 5.41) is 20.6. The first-order chi connectivity index (χ1) is 19.8. The van der Waals surface area contributed by atoms with Crippen LogP contribution < -0.4 is 9.64 Å². The molecule has 0 radical (unpaired) electrons. The van der Waals surface area contributed by atoms with Crippen molar-refractivity contribution in [2.75, 3.05) is 11.5 Å². The van der Waals surface area contributed by atoms with E-state index in [4.69, 9.17) is 4.74 Å². The molecule has 3 heterocycles. The van der Waals surface area contributed by atoms with E-state index in [1.54, 1.807) is 44.2 Å². The number of unbranched alkanes of at least 4 members (excludes halogenated alkanes) is 1. The molecule has 0 spiro atoms. The Labute approximate surface area is 248 Å². The summed E-state index contributed by atoms with van der Waals surface area (Å²) in [4.78, 5) is 33.6. The van der Waals surface area contributed by atoms with Crippen molar-refractivity contribution in [2.45, 2.75) is 49.7 Å². The summed E-state index contributed by atoms with van der Waals surface area (Å²) in [5.74, 6) is -1.12. The van der Waals surface area contributed by atoms with Gasteiger partial charge in [-0.1, -0.05) is 66.8 Å². The highest BCUT2D eigenvalue weighted by atomic mass is 32.2. The number of Topliss-reactive ketones (excluding diaryl/α,β-unsaturated/α-hetero) is 1. The molecule has 1 N–H and O–H groups in total. The molecule has 1 aliphatic rings. The van der Waals surface area contributed by atoms with E-state index in [-0.39, 0.29) is 16.5 Å². The summed E-state index contributed by atoms with van der Waals surface area (Å²) in [6, 6.07) is 12.4. The van der Waals surface area contributed by atoms with Crippen LogP contribution in [-0.4, -0.2) is 38.6 Å². The number of anilines is 1. The number of aromatic nitrogens is 3. The third kappa shape index (κ3) is 6.04. The fraction of sp³-hybridized carbons (Fsp3) is 0.276. The van der Waals surface area contributed by atoms with Crippen LogP contribution in [0.25, 0.3) is 0 Å². The first-order valence-electron chi connectivity index (χ1n) is 13.0. The first-order valence-corrected chi connectivity index (χ1v) is 15.6. The number of halogens is 1. The second-order valence-electron chi connectivity index (χ2n) is 9.32. The van der Waals surface area contributed by atoms with Crippen LogP contribution >= 0.6 is 34.4 Å². The van der Waals surface area contributed by atoms with Crippen molar-refractivity contribution >= 4 is 51.3 Å². The molecule has 1 unspecified atom stereocenters. The van der Waals surface area contributed by atoms with Crippen molar-refractivity contribution < 1.29 is 23.8 Å². The van der Waals surface area contributed by atoms with Gasteiger partial charge in [0.1, 0.15) is 17.6 Å². The van der Waals surface area contributed by atoms with Crippen molar-refractivity contribution in [2.24, 2.45) is 0 Å². The minimum absolute atomic E-state index is 0.0518. The summed E-state index contributed by atoms with van der Waals surface area (Å²) in [7, 11) is 0. The number of nitrogens with zero attached hydrogens (tertiary/aromatic N) is 4. The Morgan fingerprint density at radius 1 is 1.12 bits per heavy atom. The van der Waals surface area contributed by atoms with Gasteiger partial charge in [0.05, 0.1) is 27.8 Å². The maximum Gasteiger partial charge on any atom is 0.296 e. The number of hydrogen-bond acceptors (Lipinski definition) is 10. The van der Waals surface area contributed by atoms with Crippen LogP contribution in [0.4, 0.5) is 9.52 Å². The van der Waals surface area contributed by atoms with Crippen LogP contribution in [-0.2, 0) is 10.5 Å². The molecule has 0 saturated heterocycles. The Hall–Kier alpha value is -3.61. The molecule has 41 heavy (non-hydrogen) atoms. The number of amides is 1. The number of para-hydroxylation sites is 1. The topological polar surface area (TPSA) is 106 Å². The number of hydrogen-bond donors (Lipinski definition) is 1. The van der Waals surface area contributed by atoms with Gasteiger partial charge in [-0.15, -0.1) is 21.5 Å². The molecule has 0 fully saturated rings. The number of aryl methyl sites for hydroxylation is 2. The molecule has 0 saturated carbocycles. The first kappa shape index (κ1) is 28.9. The second-order valence-corrected chi connectivity index (χ2v) is 12.7. The number of aliphatic hydroxyl groups excluding tert-OH is 1. The third-order valence-electron chi connectivity index (χ3n) is 6.41. The number of ketones is 1. The van der Waals surface area contributed by atoms with Crippen LogP contribution in [0.2, 0.25) is 0 Å². The van der Waals surface area contributed by atoms with Crippen molar-refractivity contribution in [3.05, 3.63) is 92.4 Å². The van der Waals surface area contributed by atoms with E-state index in [2.05, 4.69) is 22.1 Å². The van der Waals surface area contributed by atoms with Crippen molar-refractivity contribution in [3.63, 3.8) is 0 Å². The average molecular weight is 611 g/mol. The van der Waals surface area contributed by atoms with Crippen LogP contribution in [0.1, 0.15) is 57.3 Å². The van der Waals surface area contributed by atoms with Gasteiger partial charge >= 0.3 is 0 Å². The zero-order chi connectivity index (χ0) is 29.1. The van der Waals surface area contributed by atoms with Crippen LogP contribution in [0, 0.1) is 19.7 Å². The number of benzene rings is 2. The molecule has 2 aromatic carbocycles. The number of thiazole rings is 1. The van der Waals surface area contributed by atoms with Crippen molar-refractivity contribution in [3.8, 4) is 5.75 Å². The molecular formula is C29H27FN4O4S3. The summed E-state index contributed by atoms with van der Waals surface area (Å²) in [6.45, 7) is 6.05. The van der Waals surface area contributed by atoms with Gasteiger partial charge in [-0.25, -0.2) is 9.37 Å². The van der Waals surface area contributed by atoms with E-state index in [0.29, 0.717) is 43.6 Å². The van der Waals surface area contributed by atoms with Crippen molar-refractivity contribution in [1.29, 1.82) is 0 Å². The lowest BCUT2D eigenvalue weighted by Gasteiger charge is -2.25. The van der Waals surface area contributed by atoms with E-state index in [1.807, 2.05) is 6.07 Å². The maximum atomic E-state index is 13.9. The number of thioether (sulfide) groups is 1. The summed E-state index contributed by atoms with van der Waals surface area (Å²) in [6.07, 6.45) is 1.77. The zero-order valence-corrected chi connectivity index (χ0v) is 25.0. The average Bonchev–Trinajstić information content (AvgIpc) is 3.64. The molecule has 12 heteroatoms. The largest absolute Gasteiger partial charge is 0.503 e. The SMILES string of the molecule is CCCCOc1ccccc1C1C(C(=O)c2sc(C)nc2C)=C(O)C(=O)N1c1nnc(SCc2ccc(F)cc2)s1. The molecule has 5 rings (SSSR count). The molecule has 1 amide bonds. The molecule has 0 aliphatic carbocycles. The Balaban J connectivity index is 1.53. The van der Waals surface area contributed by atoms with Gasteiger partial charge in [0.2, 0.25) is 10.9 Å². The molecule has 2 aromatic heterocycles. The van der Waals surface area contributed by atoms with Gasteiger partial charge in [0, 0.05) is 11.3 Å². The normalized spacial score (nSPS) is 15.2. The van der Waals surface area contributed by atoms with Crippen LogP contribution in [0.3, 0.4) is 0 Å². The van der Waals surface area contributed by atoms with E-state index in [9.17, 15) is 19.1 Å². The number of carbonyl (C=O) groups is 2. The fourth-order valence-electron chi connectivity index (χ4n) is 4.44. The minimum Gasteiger partial charge on any atom is -0.503 e. The number of aliphatic hydroxyl groups is 1. The summed E-state index contributed by atoms with van der Waals surface area (Å²) < 4.78 is 19.9. The van der Waals surface area contributed by atoms with Crippen LogP contribution in [0.15, 0.2) is 64.2 Å². The lowest BCUT2D eigenvalue weighted by Crippen LogP contribution is -2.31. The molecule has 8 nitrogen and oxygen atoms in total. The summed E-state index contributed by atoms with van der Waals surface area (Å²) in [5.41, 5.74) is 1.94. The predicted molar refractivity (Wildman–Crippen MR) is 159 cm³/mol. The molecule has 1 atom stereocenters. The number of carbonyl (C=O) groups excluding carboxylic acids is 2. The smallest absolute Gasteiger partial charge is 0.296 e. The second kappa shape index (κ2) is 12.5. The standard InChI is InChI=1S/C29H27FN4O4S3/c1-4-5-14-38-21-9-7-6-8-20(21)23-22(24(35)26-16(2)31-17(3)40-26)25(36)27(37)34(23)28-32-33-29(41-28)39-15-18-10-12-19(30)13-11-18/h6-13,23,36H,4-5,14-15H2,1-3H3.